The summed E-state index contributed by atoms with van der Waals surface area (Å²) < 4.78 is 10.7. The molecule has 5 heteroatoms. The molecule has 2 aromatic carbocycles. The Morgan fingerprint density at radius 3 is 2.00 bits per heavy atom. The molecule has 0 aliphatic rings. The third-order valence-electron chi connectivity index (χ3n) is 2.53. The number of hydrogen-bond acceptors (Lipinski definition) is 5. The van der Waals surface area contributed by atoms with Crippen LogP contribution in [0, 0.1) is 0 Å². The van der Waals surface area contributed by atoms with Gasteiger partial charge in [-0.2, -0.15) is 0 Å². The van der Waals surface area contributed by atoms with Crippen molar-refractivity contribution in [2.75, 3.05) is 12.5 Å². The van der Waals surface area contributed by atoms with Gasteiger partial charge in [-0.3, -0.25) is 10.6 Å². The molecule has 19 heavy (non-hydrogen) atoms. The van der Waals surface area contributed by atoms with Crippen molar-refractivity contribution in [2.45, 2.75) is 0 Å². The fourth-order valence-electron chi connectivity index (χ4n) is 1.52. The highest BCUT2D eigenvalue weighted by molar-refractivity contribution is 5.44. The fraction of sp³-hybridized carbons (Fsp3) is 0.0714. The molecule has 0 saturated carbocycles. The number of methoxy groups -OCH3 is 1. The Morgan fingerprint density at radius 1 is 0.895 bits per heavy atom. The summed E-state index contributed by atoms with van der Waals surface area (Å²) in [6, 6.07) is 13.4. The largest absolute Gasteiger partial charge is 0.497 e. The van der Waals surface area contributed by atoms with E-state index in [0.29, 0.717) is 17.2 Å². The summed E-state index contributed by atoms with van der Waals surface area (Å²) in [6.07, 6.45) is 0. The van der Waals surface area contributed by atoms with Crippen LogP contribution in [0.2, 0.25) is 0 Å². The predicted octanol–water partition coefficient (Wildman–Crippen LogP) is 2.13. The Hall–Kier alpha value is -2.53. The van der Waals surface area contributed by atoms with Gasteiger partial charge in [0, 0.05) is 0 Å². The Bertz CT molecular complexity index is 612. The number of ether oxygens (including phenoxy) is 2. The maximum absolute atomic E-state index is 11.5. The van der Waals surface area contributed by atoms with Gasteiger partial charge >= 0.3 is 0 Å². The van der Waals surface area contributed by atoms with Crippen LogP contribution in [0.4, 0.5) is 5.69 Å². The van der Waals surface area contributed by atoms with E-state index in [2.05, 4.69) is 5.43 Å². The van der Waals surface area contributed by atoms with E-state index in [9.17, 15) is 4.79 Å². The number of nitrogens with one attached hydrogen (secondary N) is 1. The normalized spacial score (nSPS) is 9.79. The second-order valence-corrected chi connectivity index (χ2v) is 3.77. The van der Waals surface area contributed by atoms with Gasteiger partial charge in [-0.1, -0.05) is 0 Å². The molecule has 2 rings (SSSR count). The Balaban J connectivity index is 2.23. The second-order valence-electron chi connectivity index (χ2n) is 3.77. The summed E-state index contributed by atoms with van der Waals surface area (Å²) in [6.45, 7) is 0. The molecule has 3 N–H and O–H groups in total. The highest BCUT2D eigenvalue weighted by atomic mass is 16.5. The van der Waals surface area contributed by atoms with Crippen molar-refractivity contribution in [3.63, 3.8) is 0 Å². The van der Waals surface area contributed by atoms with E-state index in [1.165, 1.54) is 6.07 Å². The van der Waals surface area contributed by atoms with Gasteiger partial charge < -0.3 is 14.9 Å². The Morgan fingerprint density at radius 2 is 1.42 bits per heavy atom. The molecular formula is C14H14N2O3. The summed E-state index contributed by atoms with van der Waals surface area (Å²) in [7, 11) is 1.60. The minimum Gasteiger partial charge on any atom is -0.497 e. The first-order valence-electron chi connectivity index (χ1n) is 5.66. The van der Waals surface area contributed by atoms with Crippen molar-refractivity contribution >= 4 is 5.69 Å². The van der Waals surface area contributed by atoms with Crippen LogP contribution in [0.1, 0.15) is 0 Å². The zero-order valence-electron chi connectivity index (χ0n) is 10.4. The lowest BCUT2D eigenvalue weighted by molar-refractivity contribution is 0.413. The summed E-state index contributed by atoms with van der Waals surface area (Å²) in [4.78, 5) is 11.5. The van der Waals surface area contributed by atoms with Crippen LogP contribution in [-0.4, -0.2) is 7.11 Å². The number of nitrogens with two attached hydrogens (primary N) is 1. The lowest BCUT2D eigenvalue weighted by Crippen LogP contribution is -2.13. The van der Waals surface area contributed by atoms with Crippen LogP contribution in [0.25, 0.3) is 0 Å². The van der Waals surface area contributed by atoms with Gasteiger partial charge in [-0.15, -0.1) is 0 Å². The molecule has 0 radical (unpaired) electrons. The van der Waals surface area contributed by atoms with Crippen LogP contribution in [0.3, 0.4) is 0 Å². The van der Waals surface area contributed by atoms with Gasteiger partial charge in [-0.25, -0.2) is 0 Å². The van der Waals surface area contributed by atoms with Gasteiger partial charge in [0.25, 0.3) is 0 Å². The first kappa shape index (κ1) is 12.9. The fourth-order valence-corrected chi connectivity index (χ4v) is 1.52. The topological polar surface area (TPSA) is 73.6 Å². The minimum absolute atomic E-state index is 0.202. The van der Waals surface area contributed by atoms with Gasteiger partial charge in [0.05, 0.1) is 12.8 Å². The molecule has 0 spiro atoms. The molecule has 0 saturated heterocycles. The molecule has 2 aromatic rings. The standard InChI is InChI=1S/C14H14N2O3/c1-18-10-2-4-11(5-3-10)19-12-6-8-13(16-15)14(17)9-7-12/h2-9H,15H2,1H3,(H,16,17). The molecule has 0 amide bonds. The van der Waals surface area contributed by atoms with Crippen molar-refractivity contribution in [1.29, 1.82) is 0 Å². The molecule has 0 unspecified atom stereocenters. The number of hydrogen-bond donors (Lipinski definition) is 2. The minimum atomic E-state index is -0.202. The van der Waals surface area contributed by atoms with E-state index in [1.54, 1.807) is 49.6 Å². The smallest absolute Gasteiger partial charge is 0.203 e. The molecule has 98 valence electrons. The van der Waals surface area contributed by atoms with E-state index in [4.69, 9.17) is 15.3 Å². The lowest BCUT2D eigenvalue weighted by Gasteiger charge is -2.04. The van der Waals surface area contributed by atoms with Crippen LogP contribution < -0.4 is 26.2 Å². The molecular weight excluding hydrogens is 244 g/mol. The number of rotatable bonds is 4. The first-order valence-corrected chi connectivity index (χ1v) is 5.66. The van der Waals surface area contributed by atoms with E-state index in [0.717, 1.165) is 5.75 Å². The Kier molecular flexibility index (Phi) is 4.00. The number of benzene rings is 1. The predicted molar refractivity (Wildman–Crippen MR) is 73.6 cm³/mol. The maximum Gasteiger partial charge on any atom is 0.203 e. The lowest BCUT2D eigenvalue weighted by atomic mass is 10.3. The molecule has 0 fully saturated rings. The van der Waals surface area contributed by atoms with Crippen molar-refractivity contribution in [3.8, 4) is 17.2 Å². The molecule has 0 heterocycles. The molecule has 0 atom stereocenters. The first-order chi connectivity index (χ1) is 9.22. The van der Waals surface area contributed by atoms with Crippen LogP contribution in [0.15, 0.2) is 53.3 Å². The second kappa shape index (κ2) is 5.88. The average Bonchev–Trinajstić information content (AvgIpc) is 2.62. The van der Waals surface area contributed by atoms with Crippen LogP contribution in [0.5, 0.6) is 17.2 Å². The summed E-state index contributed by atoms with van der Waals surface area (Å²) in [5.41, 5.74) is 2.44. The molecule has 5 nitrogen and oxygen atoms in total. The van der Waals surface area contributed by atoms with Gasteiger partial charge in [-0.05, 0) is 48.5 Å². The summed E-state index contributed by atoms with van der Waals surface area (Å²) >= 11 is 0. The van der Waals surface area contributed by atoms with Crippen molar-refractivity contribution in [1.82, 2.24) is 0 Å². The van der Waals surface area contributed by atoms with Crippen LogP contribution >= 0.6 is 0 Å². The van der Waals surface area contributed by atoms with E-state index in [-0.39, 0.29) is 5.43 Å². The zero-order chi connectivity index (χ0) is 13.7. The summed E-state index contributed by atoms with van der Waals surface area (Å²) in [5.74, 6) is 7.19. The van der Waals surface area contributed by atoms with Gasteiger partial charge in [0.15, 0.2) is 0 Å². The van der Waals surface area contributed by atoms with Gasteiger partial charge in [0.2, 0.25) is 5.43 Å². The third kappa shape index (κ3) is 3.23. The molecule has 0 aliphatic heterocycles. The number of nitrogen functional groups attached to an aromatic ring is 1. The van der Waals surface area contributed by atoms with E-state index >= 15 is 0 Å². The van der Waals surface area contributed by atoms with E-state index in [1.807, 2.05) is 0 Å². The molecule has 0 bridgehead atoms. The highest BCUT2D eigenvalue weighted by Crippen LogP contribution is 2.23. The maximum atomic E-state index is 11.5. The van der Waals surface area contributed by atoms with E-state index < -0.39 is 0 Å². The molecule has 0 aliphatic carbocycles. The monoisotopic (exact) mass is 258 g/mol. The summed E-state index contributed by atoms with van der Waals surface area (Å²) in [5, 5.41) is 0. The zero-order valence-corrected chi connectivity index (χ0v) is 10.4. The SMILES string of the molecule is COc1ccc(Oc2ccc(NN)c(=O)cc2)cc1. The molecule has 0 aromatic heterocycles. The van der Waals surface area contributed by atoms with Gasteiger partial charge in [0.1, 0.15) is 17.2 Å². The van der Waals surface area contributed by atoms with Crippen LogP contribution in [-0.2, 0) is 0 Å². The van der Waals surface area contributed by atoms with Crippen molar-refractivity contribution in [3.05, 3.63) is 58.8 Å². The highest BCUT2D eigenvalue weighted by Gasteiger charge is 1.99. The Labute approximate surface area is 110 Å². The number of anilines is 1. The quantitative estimate of drug-likeness (QED) is 0.649. The number of hydrazine groups is 1. The third-order valence-corrected chi connectivity index (χ3v) is 2.53. The van der Waals surface area contributed by atoms with Crippen molar-refractivity contribution in [2.24, 2.45) is 5.84 Å². The van der Waals surface area contributed by atoms with Crippen molar-refractivity contribution < 1.29 is 9.47 Å². The average molecular weight is 258 g/mol.